The fourth-order valence-electron chi connectivity index (χ4n) is 2.46. The predicted octanol–water partition coefficient (Wildman–Crippen LogP) is 5.43. The van der Waals surface area contributed by atoms with Crippen molar-refractivity contribution < 1.29 is 9.84 Å². The molecule has 20 heavy (non-hydrogen) atoms. The third kappa shape index (κ3) is 5.44. The van der Waals surface area contributed by atoms with Crippen LogP contribution in [0.3, 0.4) is 0 Å². The number of hydrogen-bond donors (Lipinski definition) is 1. The molecule has 0 radical (unpaired) electrons. The summed E-state index contributed by atoms with van der Waals surface area (Å²) < 4.78 is 5.89. The van der Waals surface area contributed by atoms with Gasteiger partial charge in [-0.15, -0.1) is 0 Å². The van der Waals surface area contributed by atoms with E-state index in [4.69, 9.17) is 4.74 Å². The molecule has 0 bridgehead atoms. The fraction of sp³-hybridized carbons (Fsp3) is 0.667. The minimum atomic E-state index is -0.109. The van der Waals surface area contributed by atoms with Crippen LogP contribution in [-0.2, 0) is 5.41 Å². The molecule has 2 heteroatoms. The van der Waals surface area contributed by atoms with E-state index in [9.17, 15) is 5.11 Å². The Morgan fingerprint density at radius 3 is 2.30 bits per heavy atom. The minimum Gasteiger partial charge on any atom is -0.508 e. The summed E-state index contributed by atoms with van der Waals surface area (Å²) in [4.78, 5) is 0. The molecule has 114 valence electrons. The molecule has 0 spiro atoms. The molecule has 0 aliphatic carbocycles. The van der Waals surface area contributed by atoms with Gasteiger partial charge in [0.05, 0.1) is 6.61 Å². The molecule has 0 aromatic heterocycles. The van der Waals surface area contributed by atoms with Crippen LogP contribution >= 0.6 is 0 Å². The highest BCUT2D eigenvalue weighted by Gasteiger charge is 2.22. The highest BCUT2D eigenvalue weighted by atomic mass is 16.5. The van der Waals surface area contributed by atoms with Crippen LogP contribution < -0.4 is 4.74 Å². The van der Waals surface area contributed by atoms with Gasteiger partial charge < -0.3 is 9.84 Å². The largest absolute Gasteiger partial charge is 0.508 e. The minimum absolute atomic E-state index is 0.109. The van der Waals surface area contributed by atoms with Gasteiger partial charge in [-0.1, -0.05) is 65.9 Å². The van der Waals surface area contributed by atoms with Crippen LogP contribution in [0.25, 0.3) is 0 Å². The second kappa shape index (κ2) is 8.18. The van der Waals surface area contributed by atoms with Gasteiger partial charge in [0, 0.05) is 5.56 Å². The number of hydrogen-bond acceptors (Lipinski definition) is 2. The monoisotopic (exact) mass is 278 g/mol. The summed E-state index contributed by atoms with van der Waals surface area (Å²) in [5, 5.41) is 10.0. The van der Waals surface area contributed by atoms with Crippen molar-refractivity contribution in [3.05, 3.63) is 23.8 Å². The first kappa shape index (κ1) is 16.9. The van der Waals surface area contributed by atoms with Gasteiger partial charge in [0.1, 0.15) is 11.5 Å². The van der Waals surface area contributed by atoms with Gasteiger partial charge in [-0.05, 0) is 24.0 Å². The lowest BCUT2D eigenvalue weighted by atomic mass is 9.85. The lowest BCUT2D eigenvalue weighted by Crippen LogP contribution is -2.14. The van der Waals surface area contributed by atoms with Crippen molar-refractivity contribution in [3.8, 4) is 11.5 Å². The Morgan fingerprint density at radius 1 is 1.00 bits per heavy atom. The first-order valence-electron chi connectivity index (χ1n) is 7.92. The SMILES string of the molecule is CCCCCCCCOc1cccc(O)c1C(C)(C)C. The van der Waals surface area contributed by atoms with Crippen molar-refractivity contribution >= 4 is 0 Å². The van der Waals surface area contributed by atoms with Crippen LogP contribution in [0, 0.1) is 0 Å². The van der Waals surface area contributed by atoms with E-state index in [1.54, 1.807) is 6.07 Å². The van der Waals surface area contributed by atoms with E-state index in [2.05, 4.69) is 27.7 Å². The first-order chi connectivity index (χ1) is 9.46. The zero-order valence-corrected chi connectivity index (χ0v) is 13.5. The Balaban J connectivity index is 2.46. The molecule has 0 heterocycles. The second-order valence-electron chi connectivity index (χ2n) is 6.52. The Hall–Kier alpha value is -1.18. The molecule has 0 amide bonds. The molecule has 1 aromatic rings. The van der Waals surface area contributed by atoms with E-state index >= 15 is 0 Å². The average Bonchev–Trinajstić information content (AvgIpc) is 2.36. The number of benzene rings is 1. The molecule has 0 aliphatic heterocycles. The zero-order valence-electron chi connectivity index (χ0n) is 13.5. The molecule has 1 aromatic carbocycles. The summed E-state index contributed by atoms with van der Waals surface area (Å²) in [6.07, 6.45) is 7.56. The van der Waals surface area contributed by atoms with Crippen LogP contribution in [0.2, 0.25) is 0 Å². The van der Waals surface area contributed by atoms with Crippen LogP contribution in [0.5, 0.6) is 11.5 Å². The molecule has 0 saturated heterocycles. The third-order valence-electron chi connectivity index (χ3n) is 3.51. The summed E-state index contributed by atoms with van der Waals surface area (Å²) in [6, 6.07) is 5.54. The molecule has 0 unspecified atom stereocenters. The van der Waals surface area contributed by atoms with Crippen molar-refractivity contribution in [2.45, 2.75) is 71.6 Å². The number of unbranched alkanes of at least 4 members (excludes halogenated alkanes) is 5. The van der Waals surface area contributed by atoms with Crippen molar-refractivity contribution in [1.82, 2.24) is 0 Å². The van der Waals surface area contributed by atoms with E-state index < -0.39 is 0 Å². The maximum atomic E-state index is 10.0. The summed E-state index contributed by atoms with van der Waals surface area (Å²) in [5.41, 5.74) is 0.799. The van der Waals surface area contributed by atoms with E-state index in [1.807, 2.05) is 12.1 Å². The van der Waals surface area contributed by atoms with Gasteiger partial charge >= 0.3 is 0 Å². The smallest absolute Gasteiger partial charge is 0.126 e. The van der Waals surface area contributed by atoms with Crippen LogP contribution in [0.1, 0.15) is 71.8 Å². The van der Waals surface area contributed by atoms with Gasteiger partial charge in [0.2, 0.25) is 0 Å². The first-order valence-corrected chi connectivity index (χ1v) is 7.92. The summed E-state index contributed by atoms with van der Waals surface area (Å²) >= 11 is 0. The van der Waals surface area contributed by atoms with Gasteiger partial charge in [-0.25, -0.2) is 0 Å². The molecule has 2 nitrogen and oxygen atoms in total. The third-order valence-corrected chi connectivity index (χ3v) is 3.51. The fourth-order valence-corrected chi connectivity index (χ4v) is 2.46. The number of aromatic hydroxyl groups is 1. The Labute approximate surface area is 124 Å². The maximum Gasteiger partial charge on any atom is 0.126 e. The van der Waals surface area contributed by atoms with Gasteiger partial charge in [0.25, 0.3) is 0 Å². The number of phenols is 1. The normalized spacial score (nSPS) is 11.6. The standard InChI is InChI=1S/C18H30O2/c1-5-6-7-8-9-10-14-20-16-13-11-12-15(19)17(16)18(2,3)4/h11-13,19H,5-10,14H2,1-4H3. The van der Waals surface area contributed by atoms with E-state index in [0.29, 0.717) is 5.75 Å². The van der Waals surface area contributed by atoms with Gasteiger partial charge in [-0.3, -0.25) is 0 Å². The van der Waals surface area contributed by atoms with E-state index in [-0.39, 0.29) is 5.41 Å². The Kier molecular flexibility index (Phi) is 6.90. The highest BCUT2D eigenvalue weighted by Crippen LogP contribution is 2.38. The molecule has 0 atom stereocenters. The number of ether oxygens (including phenoxy) is 1. The Morgan fingerprint density at radius 2 is 1.65 bits per heavy atom. The molecule has 1 rings (SSSR count). The summed E-state index contributed by atoms with van der Waals surface area (Å²) in [5.74, 6) is 1.16. The van der Waals surface area contributed by atoms with Gasteiger partial charge in [0.15, 0.2) is 0 Å². The molecule has 0 fully saturated rings. The summed E-state index contributed by atoms with van der Waals surface area (Å²) in [7, 11) is 0. The predicted molar refractivity (Wildman–Crippen MR) is 85.7 cm³/mol. The number of rotatable bonds is 8. The lowest BCUT2D eigenvalue weighted by molar-refractivity contribution is 0.293. The van der Waals surface area contributed by atoms with Crippen molar-refractivity contribution in [2.24, 2.45) is 0 Å². The zero-order chi connectivity index (χ0) is 15.0. The topological polar surface area (TPSA) is 29.5 Å². The van der Waals surface area contributed by atoms with E-state index in [0.717, 1.165) is 24.3 Å². The highest BCUT2D eigenvalue weighted by molar-refractivity contribution is 5.48. The van der Waals surface area contributed by atoms with Crippen LogP contribution in [0.15, 0.2) is 18.2 Å². The van der Waals surface area contributed by atoms with Crippen molar-refractivity contribution in [1.29, 1.82) is 0 Å². The lowest BCUT2D eigenvalue weighted by Gasteiger charge is -2.23. The molecule has 0 aliphatic rings. The molecule has 0 saturated carbocycles. The number of phenolic OH excluding ortho intramolecular Hbond substituents is 1. The van der Waals surface area contributed by atoms with Crippen LogP contribution in [-0.4, -0.2) is 11.7 Å². The van der Waals surface area contributed by atoms with Crippen molar-refractivity contribution in [3.63, 3.8) is 0 Å². The van der Waals surface area contributed by atoms with Crippen LogP contribution in [0.4, 0.5) is 0 Å². The molecule has 1 N–H and O–H groups in total. The van der Waals surface area contributed by atoms with Crippen molar-refractivity contribution in [2.75, 3.05) is 6.61 Å². The molecular weight excluding hydrogens is 248 g/mol. The average molecular weight is 278 g/mol. The Bertz CT molecular complexity index is 391. The second-order valence-corrected chi connectivity index (χ2v) is 6.52. The summed E-state index contributed by atoms with van der Waals surface area (Å²) in [6.45, 7) is 9.26. The van der Waals surface area contributed by atoms with E-state index in [1.165, 1.54) is 32.1 Å². The molecular formula is C18H30O2. The maximum absolute atomic E-state index is 10.0. The van der Waals surface area contributed by atoms with Gasteiger partial charge in [-0.2, -0.15) is 0 Å². The quantitative estimate of drug-likeness (QED) is 0.642.